The van der Waals surface area contributed by atoms with E-state index in [0.717, 1.165) is 6.07 Å². The normalized spacial score (nSPS) is 12.7. The first-order valence-corrected chi connectivity index (χ1v) is 4.90. The third-order valence-electron chi connectivity index (χ3n) is 1.95. The number of methoxy groups -OCH3 is 1. The van der Waals surface area contributed by atoms with Gasteiger partial charge in [0.25, 0.3) is 0 Å². The van der Waals surface area contributed by atoms with Crippen LogP contribution in [-0.4, -0.2) is 18.8 Å². The Hall–Kier alpha value is -0.720. The van der Waals surface area contributed by atoms with Crippen molar-refractivity contribution in [2.45, 2.75) is 6.04 Å². The van der Waals surface area contributed by atoms with E-state index in [4.69, 9.17) is 15.6 Å². The Balaban J connectivity index is 3.40. The van der Waals surface area contributed by atoms with E-state index >= 15 is 0 Å². The van der Waals surface area contributed by atoms with Crippen LogP contribution in [0.4, 0.5) is 8.78 Å². The maximum atomic E-state index is 13.6. The number of rotatable bonds is 3. The third kappa shape index (κ3) is 2.27. The monoisotopic (exact) mass is 281 g/mol. The lowest BCUT2D eigenvalue weighted by atomic mass is 10.1. The number of ether oxygens (including phenoxy) is 1. The van der Waals surface area contributed by atoms with Gasteiger partial charge in [-0.15, -0.1) is 0 Å². The Morgan fingerprint density at radius 2 is 2.20 bits per heavy atom. The molecule has 0 aromatic heterocycles. The summed E-state index contributed by atoms with van der Waals surface area (Å²) in [5.41, 5.74) is 5.43. The lowest BCUT2D eigenvalue weighted by Gasteiger charge is -2.15. The summed E-state index contributed by atoms with van der Waals surface area (Å²) in [7, 11) is 1.27. The zero-order valence-corrected chi connectivity index (χ0v) is 9.51. The van der Waals surface area contributed by atoms with E-state index in [2.05, 4.69) is 15.9 Å². The molecule has 0 spiro atoms. The SMILES string of the molecule is COc1cc(F)c(Br)c(F)c1C(N)CO. The van der Waals surface area contributed by atoms with E-state index in [1.807, 2.05) is 0 Å². The molecule has 0 amide bonds. The standard InChI is InChI=1S/C9H10BrF2NO2/c1-15-6-2-4(11)8(10)9(12)7(6)5(13)3-14/h2,5,14H,3,13H2,1H3. The predicted molar refractivity (Wildman–Crippen MR) is 54.6 cm³/mol. The molecule has 3 nitrogen and oxygen atoms in total. The van der Waals surface area contributed by atoms with Crippen molar-refractivity contribution in [3.63, 3.8) is 0 Å². The van der Waals surface area contributed by atoms with Crippen molar-refractivity contribution in [3.05, 3.63) is 27.7 Å². The molecule has 6 heteroatoms. The second-order valence-corrected chi connectivity index (χ2v) is 3.68. The molecule has 3 N–H and O–H groups in total. The summed E-state index contributed by atoms with van der Waals surface area (Å²) < 4.78 is 31.2. The van der Waals surface area contributed by atoms with Crippen LogP contribution in [-0.2, 0) is 0 Å². The van der Waals surface area contributed by atoms with E-state index < -0.39 is 24.3 Å². The number of aliphatic hydroxyl groups is 1. The molecule has 1 rings (SSSR count). The molecule has 0 aliphatic rings. The first-order chi connectivity index (χ1) is 7.02. The van der Waals surface area contributed by atoms with Gasteiger partial charge in [-0.25, -0.2) is 8.78 Å². The van der Waals surface area contributed by atoms with Gasteiger partial charge in [-0.05, 0) is 15.9 Å². The molecule has 0 heterocycles. The molecule has 0 saturated heterocycles. The van der Waals surface area contributed by atoms with Crippen LogP contribution in [0.2, 0.25) is 0 Å². The summed E-state index contributed by atoms with van der Waals surface area (Å²) in [6, 6.07) is 0.0646. The van der Waals surface area contributed by atoms with Gasteiger partial charge in [-0.3, -0.25) is 0 Å². The van der Waals surface area contributed by atoms with Crippen LogP contribution >= 0.6 is 15.9 Å². The lowest BCUT2D eigenvalue weighted by molar-refractivity contribution is 0.261. The molecule has 15 heavy (non-hydrogen) atoms. The molecule has 1 aromatic rings. The molecule has 0 radical (unpaired) electrons. The summed E-state index contributed by atoms with van der Waals surface area (Å²) >= 11 is 2.75. The fourth-order valence-corrected chi connectivity index (χ4v) is 1.52. The molecule has 0 bridgehead atoms. The molecular formula is C9H10BrF2NO2. The predicted octanol–water partition coefficient (Wildman–Crippen LogP) is 1.73. The smallest absolute Gasteiger partial charge is 0.148 e. The van der Waals surface area contributed by atoms with Crippen LogP contribution in [0, 0.1) is 11.6 Å². The van der Waals surface area contributed by atoms with Crippen molar-refractivity contribution in [1.29, 1.82) is 0 Å². The van der Waals surface area contributed by atoms with Gasteiger partial charge in [-0.2, -0.15) is 0 Å². The fourth-order valence-electron chi connectivity index (χ4n) is 1.19. The van der Waals surface area contributed by atoms with Crippen molar-refractivity contribution in [1.82, 2.24) is 0 Å². The third-order valence-corrected chi connectivity index (χ3v) is 2.68. The summed E-state index contributed by atoms with van der Waals surface area (Å²) in [4.78, 5) is 0. The Morgan fingerprint density at radius 3 is 2.67 bits per heavy atom. The quantitative estimate of drug-likeness (QED) is 0.830. The Morgan fingerprint density at radius 1 is 1.60 bits per heavy atom. The molecular weight excluding hydrogens is 272 g/mol. The summed E-state index contributed by atoms with van der Waals surface area (Å²) in [5.74, 6) is -1.65. The van der Waals surface area contributed by atoms with Crippen molar-refractivity contribution in [2.24, 2.45) is 5.73 Å². The number of hydrogen-bond acceptors (Lipinski definition) is 3. The minimum Gasteiger partial charge on any atom is -0.496 e. The fraction of sp³-hybridized carbons (Fsp3) is 0.333. The van der Waals surface area contributed by atoms with Crippen LogP contribution in [0.3, 0.4) is 0 Å². The van der Waals surface area contributed by atoms with Crippen LogP contribution in [0.15, 0.2) is 10.5 Å². The van der Waals surface area contributed by atoms with Crippen molar-refractivity contribution in [2.75, 3.05) is 13.7 Å². The lowest BCUT2D eigenvalue weighted by Crippen LogP contribution is -2.18. The molecule has 1 aromatic carbocycles. The number of benzene rings is 1. The van der Waals surface area contributed by atoms with E-state index in [-0.39, 0.29) is 15.8 Å². The van der Waals surface area contributed by atoms with Crippen LogP contribution < -0.4 is 10.5 Å². The average Bonchev–Trinajstić information content (AvgIpc) is 2.24. The minimum atomic E-state index is -0.947. The average molecular weight is 282 g/mol. The van der Waals surface area contributed by atoms with Gasteiger partial charge in [0.05, 0.1) is 29.8 Å². The summed E-state index contributed by atoms with van der Waals surface area (Å²) in [6.45, 7) is -0.453. The van der Waals surface area contributed by atoms with Crippen LogP contribution in [0.1, 0.15) is 11.6 Å². The van der Waals surface area contributed by atoms with Crippen molar-refractivity contribution in [3.8, 4) is 5.75 Å². The molecule has 1 atom stereocenters. The van der Waals surface area contributed by atoms with Gasteiger partial charge in [0.1, 0.15) is 17.4 Å². The molecule has 0 aliphatic heterocycles. The van der Waals surface area contributed by atoms with Crippen molar-refractivity contribution < 1.29 is 18.6 Å². The minimum absolute atomic E-state index is 0.0187. The molecule has 0 fully saturated rings. The number of halogens is 3. The number of nitrogens with two attached hydrogens (primary N) is 1. The number of hydrogen-bond donors (Lipinski definition) is 2. The maximum absolute atomic E-state index is 13.6. The van der Waals surface area contributed by atoms with Crippen molar-refractivity contribution >= 4 is 15.9 Å². The summed E-state index contributed by atoms with van der Waals surface area (Å²) in [6.07, 6.45) is 0. The van der Waals surface area contributed by atoms with Gasteiger partial charge in [-0.1, -0.05) is 0 Å². The number of aliphatic hydroxyl groups excluding tert-OH is 1. The highest BCUT2D eigenvalue weighted by molar-refractivity contribution is 9.10. The van der Waals surface area contributed by atoms with E-state index in [1.54, 1.807) is 0 Å². The highest BCUT2D eigenvalue weighted by atomic mass is 79.9. The van der Waals surface area contributed by atoms with Gasteiger partial charge < -0.3 is 15.6 Å². The summed E-state index contributed by atoms with van der Waals surface area (Å²) in [5, 5.41) is 8.84. The zero-order valence-electron chi connectivity index (χ0n) is 7.93. The second-order valence-electron chi connectivity index (χ2n) is 2.89. The molecule has 0 saturated carbocycles. The highest BCUT2D eigenvalue weighted by Gasteiger charge is 2.21. The maximum Gasteiger partial charge on any atom is 0.148 e. The van der Waals surface area contributed by atoms with E-state index in [9.17, 15) is 8.78 Å². The van der Waals surface area contributed by atoms with E-state index in [0.29, 0.717) is 0 Å². The van der Waals surface area contributed by atoms with Gasteiger partial charge in [0.2, 0.25) is 0 Å². The Labute approximate surface area is 94.0 Å². The molecule has 84 valence electrons. The first kappa shape index (κ1) is 12.4. The molecule has 0 aliphatic carbocycles. The largest absolute Gasteiger partial charge is 0.496 e. The molecule has 1 unspecified atom stereocenters. The highest BCUT2D eigenvalue weighted by Crippen LogP contribution is 2.33. The van der Waals surface area contributed by atoms with E-state index in [1.165, 1.54) is 7.11 Å². The van der Waals surface area contributed by atoms with Gasteiger partial charge in [0.15, 0.2) is 0 Å². The van der Waals surface area contributed by atoms with Crippen LogP contribution in [0.5, 0.6) is 5.75 Å². The van der Waals surface area contributed by atoms with Gasteiger partial charge >= 0.3 is 0 Å². The van der Waals surface area contributed by atoms with Gasteiger partial charge in [0, 0.05) is 6.07 Å². The Bertz CT molecular complexity index is 374. The Kier molecular flexibility index (Phi) is 4.01. The first-order valence-electron chi connectivity index (χ1n) is 4.10. The second kappa shape index (κ2) is 4.87. The zero-order chi connectivity index (χ0) is 11.6. The van der Waals surface area contributed by atoms with Crippen LogP contribution in [0.25, 0.3) is 0 Å². The topological polar surface area (TPSA) is 55.5 Å².